The molecule has 0 radical (unpaired) electrons. The van der Waals surface area contributed by atoms with Crippen molar-refractivity contribution in [3.63, 3.8) is 0 Å². The Labute approximate surface area is 285 Å². The maximum atomic E-state index is 6.41. The summed E-state index contributed by atoms with van der Waals surface area (Å²) < 4.78 is 6.41. The lowest BCUT2D eigenvalue weighted by molar-refractivity contribution is 0.660. The molecule has 0 spiro atoms. The van der Waals surface area contributed by atoms with Crippen molar-refractivity contribution in [2.75, 3.05) is 4.90 Å². The smallest absolute Gasteiger partial charge is 0.136 e. The molecule has 0 atom stereocenters. The molecular weight excluding hydrogens is 595 g/mol. The van der Waals surface area contributed by atoms with Gasteiger partial charge >= 0.3 is 0 Å². The van der Waals surface area contributed by atoms with E-state index in [0.29, 0.717) is 0 Å². The zero-order valence-electron chi connectivity index (χ0n) is 27.4. The van der Waals surface area contributed by atoms with Crippen molar-refractivity contribution in [3.8, 4) is 22.3 Å². The van der Waals surface area contributed by atoms with Gasteiger partial charge in [0.1, 0.15) is 11.2 Å². The van der Waals surface area contributed by atoms with E-state index in [0.717, 1.165) is 33.6 Å². The largest absolute Gasteiger partial charge is 0.456 e. The van der Waals surface area contributed by atoms with E-state index in [-0.39, 0.29) is 5.41 Å². The van der Waals surface area contributed by atoms with Gasteiger partial charge in [0.05, 0.1) is 0 Å². The normalized spacial score (nSPS) is 13.3. The average molecular weight is 628 g/mol. The minimum atomic E-state index is -0.0678. The summed E-state index contributed by atoms with van der Waals surface area (Å²) in [5.74, 6) is 0. The van der Waals surface area contributed by atoms with Crippen LogP contribution in [0.2, 0.25) is 0 Å². The molecule has 0 fully saturated rings. The van der Waals surface area contributed by atoms with E-state index in [1.54, 1.807) is 0 Å². The third kappa shape index (κ3) is 4.20. The quantitative estimate of drug-likeness (QED) is 0.181. The first-order chi connectivity index (χ1) is 24.0. The lowest BCUT2D eigenvalue weighted by Crippen LogP contribution is -2.16. The molecule has 1 aliphatic rings. The molecule has 232 valence electrons. The minimum Gasteiger partial charge on any atom is -0.456 e. The zero-order chi connectivity index (χ0) is 32.7. The molecule has 1 aromatic heterocycles. The van der Waals surface area contributed by atoms with Crippen LogP contribution in [-0.4, -0.2) is 0 Å². The Morgan fingerprint density at radius 3 is 1.96 bits per heavy atom. The van der Waals surface area contributed by atoms with Crippen molar-refractivity contribution >= 4 is 60.5 Å². The Bertz CT molecular complexity index is 2730. The van der Waals surface area contributed by atoms with E-state index in [4.69, 9.17) is 4.42 Å². The van der Waals surface area contributed by atoms with E-state index in [1.165, 1.54) is 60.3 Å². The van der Waals surface area contributed by atoms with Crippen molar-refractivity contribution in [2.24, 2.45) is 0 Å². The number of nitrogens with zero attached hydrogens (tertiary/aromatic N) is 1. The van der Waals surface area contributed by atoms with Crippen molar-refractivity contribution in [1.29, 1.82) is 0 Å². The number of para-hydroxylation sites is 1. The molecule has 2 nitrogen and oxygen atoms in total. The highest BCUT2D eigenvalue weighted by Crippen LogP contribution is 2.50. The van der Waals surface area contributed by atoms with Crippen LogP contribution in [0, 0.1) is 0 Å². The summed E-state index contributed by atoms with van der Waals surface area (Å²) in [7, 11) is 0. The molecule has 0 N–H and O–H groups in total. The molecule has 0 saturated carbocycles. The van der Waals surface area contributed by atoms with Crippen molar-refractivity contribution < 1.29 is 4.42 Å². The van der Waals surface area contributed by atoms with Gasteiger partial charge in [0.2, 0.25) is 0 Å². The number of fused-ring (bicyclic) bond motifs is 10. The maximum absolute atomic E-state index is 6.41. The fourth-order valence-corrected chi connectivity index (χ4v) is 8.20. The summed E-state index contributed by atoms with van der Waals surface area (Å²) in [6.45, 7) is 4.68. The molecule has 0 saturated heterocycles. The van der Waals surface area contributed by atoms with Crippen LogP contribution in [0.4, 0.5) is 17.1 Å². The first-order valence-corrected chi connectivity index (χ1v) is 17.0. The van der Waals surface area contributed by atoms with Crippen LogP contribution in [0.3, 0.4) is 0 Å². The molecule has 0 bridgehead atoms. The van der Waals surface area contributed by atoms with Gasteiger partial charge < -0.3 is 9.32 Å². The first kappa shape index (κ1) is 27.9. The third-order valence-electron chi connectivity index (χ3n) is 10.6. The van der Waals surface area contributed by atoms with Crippen molar-refractivity contribution in [1.82, 2.24) is 0 Å². The van der Waals surface area contributed by atoms with Crippen molar-refractivity contribution in [2.45, 2.75) is 19.3 Å². The van der Waals surface area contributed by atoms with Gasteiger partial charge in [-0.2, -0.15) is 0 Å². The average Bonchev–Trinajstić information content (AvgIpc) is 3.64. The van der Waals surface area contributed by atoms with Gasteiger partial charge in [-0.1, -0.05) is 123 Å². The monoisotopic (exact) mass is 627 g/mol. The van der Waals surface area contributed by atoms with Crippen LogP contribution in [0.1, 0.15) is 25.0 Å². The summed E-state index contributed by atoms with van der Waals surface area (Å²) in [4.78, 5) is 2.37. The van der Waals surface area contributed by atoms with E-state index in [9.17, 15) is 0 Å². The second-order valence-corrected chi connectivity index (χ2v) is 13.8. The molecule has 49 heavy (non-hydrogen) atoms. The van der Waals surface area contributed by atoms with Gasteiger partial charge in [-0.15, -0.1) is 0 Å². The van der Waals surface area contributed by atoms with E-state index in [2.05, 4.69) is 183 Å². The zero-order valence-corrected chi connectivity index (χ0v) is 27.4. The van der Waals surface area contributed by atoms with E-state index >= 15 is 0 Å². The minimum absolute atomic E-state index is 0.0678. The number of anilines is 3. The summed E-state index contributed by atoms with van der Waals surface area (Å²) in [6, 6.07) is 59.4. The second-order valence-electron chi connectivity index (χ2n) is 13.8. The number of benzene rings is 8. The van der Waals surface area contributed by atoms with Crippen LogP contribution in [0.5, 0.6) is 0 Å². The van der Waals surface area contributed by atoms with Gasteiger partial charge in [-0.05, 0) is 104 Å². The molecule has 9 aromatic rings. The summed E-state index contributed by atoms with van der Waals surface area (Å²) in [6.07, 6.45) is 0. The fraction of sp³-hybridized carbons (Fsp3) is 0.0638. The van der Waals surface area contributed by atoms with Crippen LogP contribution >= 0.6 is 0 Å². The summed E-state index contributed by atoms with van der Waals surface area (Å²) in [5.41, 5.74) is 12.9. The van der Waals surface area contributed by atoms with Gasteiger partial charge in [-0.3, -0.25) is 0 Å². The highest BCUT2D eigenvalue weighted by atomic mass is 16.3. The molecule has 0 amide bonds. The molecule has 1 aliphatic carbocycles. The number of hydrogen-bond acceptors (Lipinski definition) is 2. The predicted octanol–water partition coefficient (Wildman–Crippen LogP) is 13.3. The first-order valence-electron chi connectivity index (χ1n) is 17.0. The highest BCUT2D eigenvalue weighted by Gasteiger charge is 2.35. The Morgan fingerprint density at radius 2 is 1.08 bits per heavy atom. The molecule has 2 heteroatoms. The molecule has 10 rings (SSSR count). The molecule has 1 heterocycles. The van der Waals surface area contributed by atoms with E-state index < -0.39 is 0 Å². The predicted molar refractivity (Wildman–Crippen MR) is 206 cm³/mol. The Balaban J connectivity index is 1.09. The Morgan fingerprint density at radius 1 is 0.429 bits per heavy atom. The molecular formula is C47H33NO. The fourth-order valence-electron chi connectivity index (χ4n) is 8.20. The number of furan rings is 1. The summed E-state index contributed by atoms with van der Waals surface area (Å²) >= 11 is 0. The summed E-state index contributed by atoms with van der Waals surface area (Å²) in [5, 5.41) is 7.29. The Hall–Kier alpha value is -6.12. The maximum Gasteiger partial charge on any atom is 0.136 e. The SMILES string of the molecule is CC1(C)c2ccccc2-c2ccc(N(c3ccccc3)c3ccc(-c4ccc5oc6ccc7ccc8ccccc8c7c6c5c4)cc3)cc21. The topological polar surface area (TPSA) is 16.4 Å². The van der Waals surface area contributed by atoms with Crippen LogP contribution in [0.15, 0.2) is 168 Å². The molecule has 0 aliphatic heterocycles. The standard InChI is InChI=1S/C47H33NO/c1-47(2)41-15-9-8-14-38(41)39-25-24-36(29-42(39)47)48(34-11-4-3-5-12-34)35-22-18-30(19-23-35)33-21-26-43-40(28-33)46-44(49-43)27-20-32-17-16-31-10-6-7-13-37(31)45(32)46/h3-29H,1-2H3. The van der Waals surface area contributed by atoms with Crippen LogP contribution in [-0.2, 0) is 5.41 Å². The van der Waals surface area contributed by atoms with Gasteiger partial charge in [0.25, 0.3) is 0 Å². The molecule has 8 aromatic carbocycles. The van der Waals surface area contributed by atoms with Gasteiger partial charge in [0, 0.05) is 38.6 Å². The number of rotatable bonds is 4. The second kappa shape index (κ2) is 10.4. The number of hydrogen-bond donors (Lipinski definition) is 0. The van der Waals surface area contributed by atoms with Crippen LogP contribution in [0.25, 0.3) is 65.7 Å². The van der Waals surface area contributed by atoms with E-state index in [1.807, 2.05) is 0 Å². The van der Waals surface area contributed by atoms with Gasteiger partial charge in [0.15, 0.2) is 0 Å². The van der Waals surface area contributed by atoms with Crippen LogP contribution < -0.4 is 4.90 Å². The third-order valence-corrected chi connectivity index (χ3v) is 10.6. The lowest BCUT2D eigenvalue weighted by atomic mass is 9.82. The van der Waals surface area contributed by atoms with Gasteiger partial charge in [-0.25, -0.2) is 0 Å². The lowest BCUT2D eigenvalue weighted by Gasteiger charge is -2.28. The Kier molecular flexibility index (Phi) is 5.95. The highest BCUT2D eigenvalue weighted by molar-refractivity contribution is 6.26. The van der Waals surface area contributed by atoms with Crippen molar-refractivity contribution in [3.05, 3.63) is 175 Å². The molecule has 0 unspecified atom stereocenters.